The largest absolute Gasteiger partial charge is 0.469 e. The van der Waals surface area contributed by atoms with Gasteiger partial charge in [0.15, 0.2) is 0 Å². The first-order valence-corrected chi connectivity index (χ1v) is 6.32. The number of carbonyl (C=O) groups excluding carboxylic acids is 1. The summed E-state index contributed by atoms with van der Waals surface area (Å²) >= 11 is 1.73. The van der Waals surface area contributed by atoms with E-state index in [0.29, 0.717) is 6.42 Å². The van der Waals surface area contributed by atoms with Crippen molar-refractivity contribution >= 4 is 17.7 Å². The molecule has 1 heterocycles. The molecule has 5 heteroatoms. The Balaban J connectivity index is 2.08. The van der Waals surface area contributed by atoms with Crippen LogP contribution in [0.4, 0.5) is 0 Å². The molecule has 1 fully saturated rings. The van der Waals surface area contributed by atoms with E-state index in [-0.39, 0.29) is 23.4 Å². The van der Waals surface area contributed by atoms with Gasteiger partial charge in [0, 0.05) is 23.5 Å². The van der Waals surface area contributed by atoms with E-state index in [1.165, 1.54) is 7.11 Å². The van der Waals surface area contributed by atoms with Crippen molar-refractivity contribution in [3.8, 4) is 0 Å². The number of aliphatic hydroxyl groups excluding tert-OH is 1. The van der Waals surface area contributed by atoms with Crippen LogP contribution in [0.3, 0.4) is 0 Å². The Labute approximate surface area is 94.6 Å². The fourth-order valence-electron chi connectivity index (χ4n) is 1.68. The maximum Gasteiger partial charge on any atom is 0.305 e. The zero-order valence-corrected chi connectivity index (χ0v) is 9.83. The van der Waals surface area contributed by atoms with Gasteiger partial charge >= 0.3 is 5.97 Å². The number of thioether (sulfide) groups is 1. The average molecular weight is 233 g/mol. The van der Waals surface area contributed by atoms with Crippen LogP contribution >= 0.6 is 11.8 Å². The molecule has 3 N–H and O–H groups in total. The summed E-state index contributed by atoms with van der Waals surface area (Å²) in [6, 6.07) is -0.0828. The lowest BCUT2D eigenvalue weighted by Gasteiger charge is -2.15. The van der Waals surface area contributed by atoms with Crippen LogP contribution in [0, 0.1) is 0 Å². The molecule has 0 bridgehead atoms. The maximum absolute atomic E-state index is 10.8. The molecule has 0 amide bonds. The second-order valence-electron chi connectivity index (χ2n) is 3.85. The van der Waals surface area contributed by atoms with Crippen LogP contribution in [-0.4, -0.2) is 41.3 Å². The average Bonchev–Trinajstić information content (AvgIpc) is 2.55. The lowest BCUT2D eigenvalue weighted by Crippen LogP contribution is -2.36. The third-order valence-corrected chi connectivity index (χ3v) is 4.19. The van der Waals surface area contributed by atoms with Crippen LogP contribution in [0.5, 0.6) is 0 Å². The van der Waals surface area contributed by atoms with Crippen molar-refractivity contribution in [1.82, 2.24) is 0 Å². The van der Waals surface area contributed by atoms with Gasteiger partial charge in [0.1, 0.15) is 0 Å². The summed E-state index contributed by atoms with van der Waals surface area (Å²) in [6.07, 6.45) is 2.78. The van der Waals surface area contributed by atoms with Crippen molar-refractivity contribution < 1.29 is 14.6 Å². The zero-order valence-electron chi connectivity index (χ0n) is 9.02. The van der Waals surface area contributed by atoms with Crippen LogP contribution in [-0.2, 0) is 9.53 Å². The number of methoxy groups -OCH3 is 1. The van der Waals surface area contributed by atoms with Crippen LogP contribution in [0.2, 0.25) is 0 Å². The Morgan fingerprint density at radius 1 is 1.60 bits per heavy atom. The van der Waals surface area contributed by atoms with Crippen LogP contribution in [0.25, 0.3) is 0 Å². The highest BCUT2D eigenvalue weighted by Crippen LogP contribution is 2.30. The van der Waals surface area contributed by atoms with Crippen LogP contribution in [0.1, 0.15) is 25.7 Å². The molecule has 0 aromatic carbocycles. The van der Waals surface area contributed by atoms with Crippen LogP contribution in [0.15, 0.2) is 0 Å². The number of hydrogen-bond acceptors (Lipinski definition) is 5. The number of aliphatic hydroxyl groups is 1. The molecule has 1 saturated heterocycles. The van der Waals surface area contributed by atoms with Crippen molar-refractivity contribution in [2.24, 2.45) is 5.73 Å². The highest BCUT2D eigenvalue weighted by Gasteiger charge is 2.32. The second kappa shape index (κ2) is 6.35. The second-order valence-corrected chi connectivity index (χ2v) is 5.12. The quantitative estimate of drug-likeness (QED) is 0.535. The molecule has 0 spiro atoms. The molecule has 3 unspecified atom stereocenters. The van der Waals surface area contributed by atoms with Gasteiger partial charge in [-0.05, 0) is 12.8 Å². The van der Waals surface area contributed by atoms with Gasteiger partial charge in [0.05, 0.1) is 13.2 Å². The minimum atomic E-state index is -0.381. The van der Waals surface area contributed by atoms with Gasteiger partial charge in [0.25, 0.3) is 0 Å². The first-order valence-electron chi connectivity index (χ1n) is 5.27. The molecule has 0 saturated carbocycles. The summed E-state index contributed by atoms with van der Waals surface area (Å²) in [7, 11) is 1.40. The number of hydrogen-bond donors (Lipinski definition) is 2. The van der Waals surface area contributed by atoms with Crippen molar-refractivity contribution in [3.63, 3.8) is 0 Å². The third kappa shape index (κ3) is 4.01. The predicted octanol–water partition coefficient (Wildman–Crippen LogP) is 0.523. The summed E-state index contributed by atoms with van der Waals surface area (Å²) in [4.78, 5) is 10.8. The highest BCUT2D eigenvalue weighted by molar-refractivity contribution is 8.00. The monoisotopic (exact) mass is 233 g/mol. The van der Waals surface area contributed by atoms with E-state index in [9.17, 15) is 9.90 Å². The van der Waals surface area contributed by atoms with E-state index in [2.05, 4.69) is 4.74 Å². The molecule has 1 rings (SSSR count). The number of carbonyl (C=O) groups is 1. The standard InChI is InChI=1S/C10H19NO3S/c1-14-9(12)5-3-2-4-8-10(13)7(11)6-15-8/h7-8,10,13H,2-6,11H2,1H3. The summed E-state index contributed by atoms with van der Waals surface area (Å²) in [6.45, 7) is 0. The van der Waals surface area contributed by atoms with Crippen molar-refractivity contribution in [2.45, 2.75) is 43.1 Å². The van der Waals surface area contributed by atoms with E-state index in [1.54, 1.807) is 11.8 Å². The van der Waals surface area contributed by atoms with Crippen molar-refractivity contribution in [1.29, 1.82) is 0 Å². The van der Waals surface area contributed by atoms with E-state index < -0.39 is 0 Å². The molecule has 4 nitrogen and oxygen atoms in total. The van der Waals surface area contributed by atoms with E-state index in [0.717, 1.165) is 25.0 Å². The molecule has 1 aliphatic rings. The first-order chi connectivity index (χ1) is 7.15. The number of esters is 1. The van der Waals surface area contributed by atoms with Gasteiger partial charge in [-0.15, -0.1) is 0 Å². The van der Waals surface area contributed by atoms with Crippen LogP contribution < -0.4 is 5.73 Å². The number of unbranched alkanes of at least 4 members (excludes halogenated alkanes) is 1. The summed E-state index contributed by atoms with van der Waals surface area (Å²) in [5.74, 6) is 0.675. The first kappa shape index (κ1) is 12.8. The molecule has 0 aromatic heterocycles. The van der Waals surface area contributed by atoms with Gasteiger partial charge in [-0.3, -0.25) is 4.79 Å². The minimum absolute atomic E-state index is 0.0828. The molecule has 15 heavy (non-hydrogen) atoms. The molecule has 0 aromatic rings. The normalized spacial score (nSPS) is 30.5. The third-order valence-electron chi connectivity index (χ3n) is 2.67. The van der Waals surface area contributed by atoms with Gasteiger partial charge in [-0.25, -0.2) is 0 Å². The summed E-state index contributed by atoms with van der Waals surface area (Å²) in [5, 5.41) is 9.92. The Kier molecular flexibility index (Phi) is 5.42. The minimum Gasteiger partial charge on any atom is -0.469 e. The number of rotatable bonds is 5. The maximum atomic E-state index is 10.8. The Morgan fingerprint density at radius 2 is 2.33 bits per heavy atom. The van der Waals surface area contributed by atoms with E-state index >= 15 is 0 Å². The molecule has 88 valence electrons. The Bertz CT molecular complexity index is 213. The highest BCUT2D eigenvalue weighted by atomic mass is 32.2. The summed E-state index contributed by atoms with van der Waals surface area (Å²) in [5.41, 5.74) is 5.70. The zero-order chi connectivity index (χ0) is 11.3. The molecule has 0 radical (unpaired) electrons. The Hall–Kier alpha value is -0.260. The summed E-state index contributed by atoms with van der Waals surface area (Å²) < 4.78 is 4.55. The van der Waals surface area contributed by atoms with Crippen molar-refractivity contribution in [2.75, 3.05) is 12.9 Å². The molecule has 1 aliphatic heterocycles. The van der Waals surface area contributed by atoms with Gasteiger partial charge in [-0.2, -0.15) is 11.8 Å². The lowest BCUT2D eigenvalue weighted by atomic mass is 10.0. The molecular formula is C10H19NO3S. The molecule has 0 aliphatic carbocycles. The molecule has 3 atom stereocenters. The molecular weight excluding hydrogens is 214 g/mol. The van der Waals surface area contributed by atoms with E-state index in [1.807, 2.05) is 0 Å². The van der Waals surface area contributed by atoms with Gasteiger partial charge in [-0.1, -0.05) is 6.42 Å². The van der Waals surface area contributed by atoms with E-state index in [4.69, 9.17) is 5.73 Å². The van der Waals surface area contributed by atoms with Gasteiger partial charge < -0.3 is 15.6 Å². The SMILES string of the molecule is COC(=O)CCCCC1SCC(N)C1O. The lowest BCUT2D eigenvalue weighted by molar-refractivity contribution is -0.140. The number of nitrogens with two attached hydrogens (primary N) is 1. The van der Waals surface area contributed by atoms with Crippen molar-refractivity contribution in [3.05, 3.63) is 0 Å². The van der Waals surface area contributed by atoms with Gasteiger partial charge in [0.2, 0.25) is 0 Å². The predicted molar refractivity (Wildman–Crippen MR) is 60.7 cm³/mol. The number of ether oxygens (including phenoxy) is 1. The fraction of sp³-hybridized carbons (Fsp3) is 0.900. The Morgan fingerprint density at radius 3 is 2.87 bits per heavy atom. The smallest absolute Gasteiger partial charge is 0.305 e. The topological polar surface area (TPSA) is 72.5 Å². The fourth-order valence-corrected chi connectivity index (χ4v) is 3.08.